The fourth-order valence-corrected chi connectivity index (χ4v) is 2.46. The van der Waals surface area contributed by atoms with Crippen molar-refractivity contribution in [1.82, 2.24) is 10.0 Å². The number of hydrogen-bond donors (Lipinski definition) is 2. The third-order valence-electron chi connectivity index (χ3n) is 3.20. The van der Waals surface area contributed by atoms with Crippen molar-refractivity contribution in [3.05, 3.63) is 0 Å². The van der Waals surface area contributed by atoms with E-state index in [1.165, 1.54) is 13.8 Å². The van der Waals surface area contributed by atoms with Gasteiger partial charge in [0.05, 0.1) is 0 Å². The summed E-state index contributed by atoms with van der Waals surface area (Å²) in [7, 11) is 0. The van der Waals surface area contributed by atoms with E-state index in [1.807, 2.05) is 0 Å². The average molecular weight is 282 g/mol. The Labute approximate surface area is 116 Å². The molecule has 0 unspecified atom stereocenters. The molecule has 2 rings (SSSR count). The molecule has 0 radical (unpaired) electrons. The lowest BCUT2D eigenvalue weighted by molar-refractivity contribution is -0.174. The number of carbonyl (C=O) groups is 2. The molecule has 0 aliphatic carbocycles. The van der Waals surface area contributed by atoms with Crippen molar-refractivity contribution < 1.29 is 19.8 Å². The topological polar surface area (TPSA) is 106 Å². The number of nitrogens with zero attached hydrogens (tertiary/aromatic N) is 4. The molecular formula is C12H18N4O4. The first-order chi connectivity index (χ1) is 9.04. The van der Waals surface area contributed by atoms with E-state index in [-0.39, 0.29) is 12.8 Å². The number of carbonyl (C=O) groups excluding carboxylic acids is 2. The van der Waals surface area contributed by atoms with E-state index in [1.54, 1.807) is 13.8 Å². The highest BCUT2D eigenvalue weighted by atomic mass is 16.3. The van der Waals surface area contributed by atoms with Crippen LogP contribution in [0.4, 0.5) is 0 Å². The summed E-state index contributed by atoms with van der Waals surface area (Å²) in [5.41, 5.74) is -1.99. The first kappa shape index (κ1) is 14.6. The van der Waals surface area contributed by atoms with Crippen LogP contribution in [0.5, 0.6) is 0 Å². The van der Waals surface area contributed by atoms with Crippen LogP contribution in [0.15, 0.2) is 10.2 Å². The second kappa shape index (κ2) is 4.35. The second-order valence-electron chi connectivity index (χ2n) is 5.69. The minimum atomic E-state index is -1.54. The molecule has 0 aromatic rings. The summed E-state index contributed by atoms with van der Waals surface area (Å²) in [6.07, 6.45) is 0.343. The van der Waals surface area contributed by atoms with E-state index in [4.69, 9.17) is 0 Å². The molecule has 0 aromatic carbocycles. The number of rotatable bonds is 0. The van der Waals surface area contributed by atoms with E-state index in [0.29, 0.717) is 11.4 Å². The molecule has 2 amide bonds. The normalized spacial score (nSPS) is 33.3. The van der Waals surface area contributed by atoms with Gasteiger partial charge in [-0.15, -0.1) is 0 Å². The van der Waals surface area contributed by atoms with Gasteiger partial charge in [0.1, 0.15) is 0 Å². The molecule has 20 heavy (non-hydrogen) atoms. The molecule has 0 spiro atoms. The van der Waals surface area contributed by atoms with E-state index >= 15 is 0 Å². The zero-order valence-electron chi connectivity index (χ0n) is 11.9. The van der Waals surface area contributed by atoms with Crippen LogP contribution in [0.1, 0.15) is 40.5 Å². The summed E-state index contributed by atoms with van der Waals surface area (Å²) in [5.74, 6) is -2.05. The van der Waals surface area contributed by atoms with Crippen molar-refractivity contribution in [3.63, 3.8) is 0 Å². The maximum Gasteiger partial charge on any atom is 0.336 e. The van der Waals surface area contributed by atoms with Gasteiger partial charge in [0, 0.05) is 24.3 Å². The van der Waals surface area contributed by atoms with Crippen LogP contribution >= 0.6 is 0 Å². The van der Waals surface area contributed by atoms with Gasteiger partial charge in [-0.1, -0.05) is 0 Å². The first-order valence-corrected chi connectivity index (χ1v) is 6.26. The third kappa shape index (κ3) is 2.32. The predicted octanol–water partition coefficient (Wildman–Crippen LogP) is -0.380. The molecule has 8 heteroatoms. The summed E-state index contributed by atoms with van der Waals surface area (Å²) in [6, 6.07) is 0. The van der Waals surface area contributed by atoms with Gasteiger partial charge in [-0.3, -0.25) is 9.59 Å². The molecule has 2 aliphatic rings. The van der Waals surface area contributed by atoms with Gasteiger partial charge in [0.15, 0.2) is 11.4 Å². The SMILES string of the molecule is CC1=NN(C(=O)C(=O)N2N=C(C)C[C@]2(C)O)[C@@](C)(O)C1. The Balaban J connectivity index is 2.24. The van der Waals surface area contributed by atoms with Crippen molar-refractivity contribution >= 4 is 23.2 Å². The largest absolute Gasteiger partial charge is 0.369 e. The van der Waals surface area contributed by atoms with Crippen molar-refractivity contribution in [2.24, 2.45) is 10.2 Å². The van der Waals surface area contributed by atoms with Gasteiger partial charge >= 0.3 is 11.8 Å². The molecule has 0 aromatic heterocycles. The number of amides is 2. The Morgan fingerprint density at radius 2 is 1.25 bits per heavy atom. The molecule has 110 valence electrons. The van der Waals surface area contributed by atoms with Gasteiger partial charge in [0.2, 0.25) is 0 Å². The minimum absolute atomic E-state index is 0.171. The number of hydrogen-bond acceptors (Lipinski definition) is 6. The predicted molar refractivity (Wildman–Crippen MR) is 70.4 cm³/mol. The van der Waals surface area contributed by atoms with Crippen molar-refractivity contribution in [2.75, 3.05) is 0 Å². The summed E-state index contributed by atoms with van der Waals surface area (Å²) in [4.78, 5) is 24.4. The van der Waals surface area contributed by atoms with Crippen LogP contribution in [0.3, 0.4) is 0 Å². The highest BCUT2D eigenvalue weighted by Crippen LogP contribution is 2.28. The number of hydrazone groups is 2. The zero-order valence-corrected chi connectivity index (χ0v) is 11.9. The summed E-state index contributed by atoms with van der Waals surface area (Å²) in [5, 5.41) is 29.4. The lowest BCUT2D eigenvalue weighted by Gasteiger charge is -2.30. The fraction of sp³-hybridized carbons (Fsp3) is 0.667. The lowest BCUT2D eigenvalue weighted by Crippen LogP contribution is -2.53. The highest BCUT2D eigenvalue weighted by Gasteiger charge is 2.47. The molecular weight excluding hydrogens is 264 g/mol. The van der Waals surface area contributed by atoms with E-state index in [0.717, 1.165) is 10.0 Å². The van der Waals surface area contributed by atoms with Crippen LogP contribution in [0.2, 0.25) is 0 Å². The third-order valence-corrected chi connectivity index (χ3v) is 3.20. The standard InChI is InChI=1S/C12H18N4O4/c1-7-5-11(3,19)15(13-7)9(17)10(18)16-12(4,20)6-8(2)14-16/h19-20H,5-6H2,1-4H3/t11-,12-/m0/s1. The van der Waals surface area contributed by atoms with Crippen LogP contribution in [-0.4, -0.2) is 54.9 Å². The maximum absolute atomic E-state index is 12.2. The van der Waals surface area contributed by atoms with Gasteiger partial charge in [-0.05, 0) is 27.7 Å². The van der Waals surface area contributed by atoms with E-state index in [2.05, 4.69) is 10.2 Å². The van der Waals surface area contributed by atoms with Crippen molar-refractivity contribution in [2.45, 2.75) is 52.0 Å². The van der Waals surface area contributed by atoms with E-state index in [9.17, 15) is 19.8 Å². The van der Waals surface area contributed by atoms with Crippen molar-refractivity contribution in [3.8, 4) is 0 Å². The molecule has 2 atom stereocenters. The van der Waals surface area contributed by atoms with E-state index < -0.39 is 23.3 Å². The molecule has 2 N–H and O–H groups in total. The minimum Gasteiger partial charge on any atom is -0.369 e. The Hall–Kier alpha value is -1.80. The molecule has 0 saturated heterocycles. The van der Waals surface area contributed by atoms with Gasteiger partial charge in [-0.2, -0.15) is 20.2 Å². The lowest BCUT2D eigenvalue weighted by atomic mass is 10.1. The Bertz CT molecular complexity index is 488. The Morgan fingerprint density at radius 1 is 0.950 bits per heavy atom. The molecule has 8 nitrogen and oxygen atoms in total. The first-order valence-electron chi connectivity index (χ1n) is 6.26. The maximum atomic E-state index is 12.2. The Kier molecular flexibility index (Phi) is 3.18. The molecule has 0 saturated carbocycles. The summed E-state index contributed by atoms with van der Waals surface area (Å²) < 4.78 is 0. The Morgan fingerprint density at radius 3 is 1.45 bits per heavy atom. The molecule has 0 bridgehead atoms. The summed E-state index contributed by atoms with van der Waals surface area (Å²) >= 11 is 0. The van der Waals surface area contributed by atoms with Gasteiger partial charge < -0.3 is 10.2 Å². The average Bonchev–Trinajstić information content (AvgIpc) is 2.71. The van der Waals surface area contributed by atoms with Gasteiger partial charge in [0.25, 0.3) is 0 Å². The van der Waals surface area contributed by atoms with Crippen LogP contribution in [0, 0.1) is 0 Å². The monoisotopic (exact) mass is 282 g/mol. The fourth-order valence-electron chi connectivity index (χ4n) is 2.46. The molecule has 0 fully saturated rings. The highest BCUT2D eigenvalue weighted by molar-refractivity contribution is 6.35. The second-order valence-corrected chi connectivity index (χ2v) is 5.69. The quantitative estimate of drug-likeness (QED) is 0.591. The van der Waals surface area contributed by atoms with Crippen molar-refractivity contribution in [1.29, 1.82) is 0 Å². The summed E-state index contributed by atoms with van der Waals surface area (Å²) in [6.45, 7) is 6.10. The van der Waals surface area contributed by atoms with Gasteiger partial charge in [-0.25, -0.2) is 0 Å². The number of aliphatic hydroxyl groups is 2. The zero-order chi connectivity index (χ0) is 15.3. The smallest absolute Gasteiger partial charge is 0.336 e. The molecule has 2 heterocycles. The van der Waals surface area contributed by atoms with Crippen LogP contribution in [-0.2, 0) is 9.59 Å². The van der Waals surface area contributed by atoms with Crippen LogP contribution < -0.4 is 0 Å². The molecule has 2 aliphatic heterocycles. The van der Waals surface area contributed by atoms with Crippen LogP contribution in [0.25, 0.3) is 0 Å².